The monoisotopic (exact) mass is 426 g/mol. The van der Waals surface area contributed by atoms with E-state index >= 15 is 4.39 Å². The third kappa shape index (κ3) is 3.91. The average Bonchev–Trinajstić information content (AvgIpc) is 3.00. The Hall–Kier alpha value is -2.52. The van der Waals surface area contributed by atoms with Crippen LogP contribution in [0.4, 0.5) is 22.0 Å². The van der Waals surface area contributed by atoms with E-state index < -0.39 is 47.4 Å². The maximum atomic E-state index is 15.2. The van der Waals surface area contributed by atoms with E-state index in [1.54, 1.807) is 0 Å². The second kappa shape index (κ2) is 7.96. The molecule has 3 atom stereocenters. The van der Waals surface area contributed by atoms with Gasteiger partial charge in [0, 0.05) is 17.7 Å². The molecule has 2 N–H and O–H groups in total. The Labute approximate surface area is 169 Å². The summed E-state index contributed by atoms with van der Waals surface area (Å²) in [6, 6.07) is 5.22. The van der Waals surface area contributed by atoms with Crippen LogP contribution in [0.1, 0.15) is 12.0 Å². The fourth-order valence-corrected chi connectivity index (χ4v) is 4.29. The number of benzene rings is 2. The molecule has 2 aromatic rings. The molecule has 2 aliphatic heterocycles. The molecule has 0 aromatic heterocycles. The lowest BCUT2D eigenvalue weighted by atomic mass is 9.84. The molecule has 4 nitrogen and oxygen atoms in total. The third-order valence-corrected chi connectivity index (χ3v) is 5.63. The molecule has 0 saturated carbocycles. The van der Waals surface area contributed by atoms with Crippen molar-refractivity contribution in [1.82, 2.24) is 10.6 Å². The van der Waals surface area contributed by atoms with E-state index in [0.717, 1.165) is 12.1 Å². The molecule has 9 heteroatoms. The first-order valence-electron chi connectivity index (χ1n) is 9.44. The Balaban J connectivity index is 1.66. The predicted octanol–water partition coefficient (Wildman–Crippen LogP) is 3.19. The highest BCUT2D eigenvalue weighted by Crippen LogP contribution is 2.34. The lowest BCUT2D eigenvalue weighted by molar-refractivity contribution is -0.135. The van der Waals surface area contributed by atoms with Crippen LogP contribution in [-0.4, -0.2) is 43.2 Å². The fourth-order valence-electron chi connectivity index (χ4n) is 4.29. The third-order valence-electron chi connectivity index (χ3n) is 5.63. The highest BCUT2D eigenvalue weighted by molar-refractivity contribution is 5.79. The SMILES string of the molecule is O=C1COCC2(C[C@@H](C(F)F)NC2Cc2cccc(-c3cc(F)cc(F)c3)c2F)N1. The number of ether oxygens (including phenoxy) is 1. The van der Waals surface area contributed by atoms with Crippen molar-refractivity contribution in [1.29, 1.82) is 0 Å². The summed E-state index contributed by atoms with van der Waals surface area (Å²) in [5.74, 6) is -2.81. The Kier molecular flexibility index (Phi) is 5.50. The first-order chi connectivity index (χ1) is 14.3. The summed E-state index contributed by atoms with van der Waals surface area (Å²) in [4.78, 5) is 11.9. The van der Waals surface area contributed by atoms with Gasteiger partial charge < -0.3 is 15.4 Å². The molecule has 1 spiro atoms. The summed E-state index contributed by atoms with van der Waals surface area (Å²) in [6.45, 7) is -0.140. The fraction of sp³-hybridized carbons (Fsp3) is 0.381. The number of halogens is 5. The molecule has 4 rings (SSSR count). The number of alkyl halides is 2. The number of nitrogens with one attached hydrogen (secondary N) is 2. The first kappa shape index (κ1) is 20.7. The van der Waals surface area contributed by atoms with Gasteiger partial charge in [0.15, 0.2) is 0 Å². The van der Waals surface area contributed by atoms with Crippen LogP contribution in [0.25, 0.3) is 11.1 Å². The maximum Gasteiger partial charge on any atom is 0.253 e. The van der Waals surface area contributed by atoms with Crippen molar-refractivity contribution in [2.75, 3.05) is 13.2 Å². The summed E-state index contributed by atoms with van der Waals surface area (Å²) in [5, 5.41) is 5.54. The zero-order valence-electron chi connectivity index (χ0n) is 15.7. The molecule has 2 fully saturated rings. The lowest BCUT2D eigenvalue weighted by Gasteiger charge is -2.39. The number of carbonyl (C=O) groups is 1. The quantitative estimate of drug-likeness (QED) is 0.739. The Morgan fingerprint density at radius 1 is 1.13 bits per heavy atom. The molecule has 0 radical (unpaired) electrons. The van der Waals surface area contributed by atoms with Crippen molar-refractivity contribution >= 4 is 5.91 Å². The molecule has 1 amide bonds. The molecule has 0 bridgehead atoms. The maximum absolute atomic E-state index is 15.2. The van der Waals surface area contributed by atoms with Gasteiger partial charge in [0.25, 0.3) is 6.43 Å². The topological polar surface area (TPSA) is 50.4 Å². The molecule has 30 heavy (non-hydrogen) atoms. The van der Waals surface area contributed by atoms with E-state index in [0.29, 0.717) is 6.07 Å². The van der Waals surface area contributed by atoms with Crippen LogP contribution in [0.15, 0.2) is 36.4 Å². The van der Waals surface area contributed by atoms with Crippen molar-refractivity contribution in [2.24, 2.45) is 0 Å². The van der Waals surface area contributed by atoms with Gasteiger partial charge in [-0.05, 0) is 36.1 Å². The largest absolute Gasteiger partial charge is 0.369 e. The van der Waals surface area contributed by atoms with Gasteiger partial charge in [-0.3, -0.25) is 4.79 Å². The van der Waals surface area contributed by atoms with Gasteiger partial charge in [0.2, 0.25) is 5.91 Å². The minimum atomic E-state index is -2.67. The van der Waals surface area contributed by atoms with Gasteiger partial charge in [-0.2, -0.15) is 0 Å². The molecule has 2 aliphatic rings. The lowest BCUT2D eigenvalue weighted by Crippen LogP contribution is -2.63. The van der Waals surface area contributed by atoms with Crippen LogP contribution >= 0.6 is 0 Å². The van der Waals surface area contributed by atoms with E-state index in [1.807, 2.05) is 0 Å². The number of morpholine rings is 1. The molecule has 2 heterocycles. The van der Waals surface area contributed by atoms with E-state index in [9.17, 15) is 22.4 Å². The number of hydrogen-bond acceptors (Lipinski definition) is 3. The molecule has 0 aliphatic carbocycles. The van der Waals surface area contributed by atoms with Gasteiger partial charge >= 0.3 is 0 Å². The molecule has 2 aromatic carbocycles. The highest BCUT2D eigenvalue weighted by Gasteiger charge is 2.52. The normalized spacial score (nSPS) is 26.4. The van der Waals surface area contributed by atoms with E-state index in [-0.39, 0.29) is 42.7 Å². The number of rotatable bonds is 4. The van der Waals surface area contributed by atoms with E-state index in [1.165, 1.54) is 18.2 Å². The zero-order chi connectivity index (χ0) is 21.5. The van der Waals surface area contributed by atoms with Crippen LogP contribution in [-0.2, 0) is 16.0 Å². The van der Waals surface area contributed by atoms with E-state index in [2.05, 4.69) is 10.6 Å². The van der Waals surface area contributed by atoms with Crippen LogP contribution < -0.4 is 10.6 Å². The van der Waals surface area contributed by atoms with Gasteiger partial charge in [-0.15, -0.1) is 0 Å². The van der Waals surface area contributed by atoms with E-state index in [4.69, 9.17) is 4.74 Å². The van der Waals surface area contributed by atoms with Crippen LogP contribution in [0.2, 0.25) is 0 Å². The van der Waals surface area contributed by atoms with Gasteiger partial charge in [0.05, 0.1) is 18.2 Å². The van der Waals surface area contributed by atoms with Gasteiger partial charge in [-0.25, -0.2) is 22.0 Å². The summed E-state index contributed by atoms with van der Waals surface area (Å²) >= 11 is 0. The minimum absolute atomic E-state index is 0.00714. The molecular weight excluding hydrogens is 407 g/mol. The van der Waals surface area contributed by atoms with Crippen LogP contribution in [0, 0.1) is 17.5 Å². The summed E-state index contributed by atoms with van der Waals surface area (Å²) in [6.07, 6.45) is -2.75. The average molecular weight is 426 g/mol. The Bertz CT molecular complexity index is 950. The summed E-state index contributed by atoms with van der Waals surface area (Å²) in [5.41, 5.74) is -0.902. The number of amides is 1. The number of carbonyl (C=O) groups excluding carboxylic acids is 1. The van der Waals surface area contributed by atoms with Crippen molar-refractivity contribution in [3.63, 3.8) is 0 Å². The van der Waals surface area contributed by atoms with Crippen LogP contribution in [0.5, 0.6) is 0 Å². The van der Waals surface area contributed by atoms with Crippen molar-refractivity contribution in [3.8, 4) is 11.1 Å². The summed E-state index contributed by atoms with van der Waals surface area (Å²) < 4.78 is 74.4. The minimum Gasteiger partial charge on any atom is -0.369 e. The molecule has 2 saturated heterocycles. The second-order valence-corrected chi connectivity index (χ2v) is 7.70. The standard InChI is InChI=1S/C21H19F5N2O2/c22-13-4-12(5-14(23)7-13)15-3-1-2-11(19(15)24)6-17-21(8-16(27-17)20(25)26)10-30-9-18(29)28-21/h1-5,7,16-17,20,27H,6,8-10H2,(H,28,29)/t16-,17?,21?/m0/s1. The van der Waals surface area contributed by atoms with Crippen molar-refractivity contribution in [3.05, 3.63) is 59.4 Å². The summed E-state index contributed by atoms with van der Waals surface area (Å²) in [7, 11) is 0. The molecule has 2 unspecified atom stereocenters. The Morgan fingerprint density at radius 2 is 1.87 bits per heavy atom. The zero-order valence-corrected chi connectivity index (χ0v) is 15.7. The predicted molar refractivity (Wildman–Crippen MR) is 98.5 cm³/mol. The Morgan fingerprint density at radius 3 is 2.53 bits per heavy atom. The molecule has 160 valence electrons. The van der Waals surface area contributed by atoms with Crippen molar-refractivity contribution in [2.45, 2.75) is 36.9 Å². The number of hydrogen-bond donors (Lipinski definition) is 2. The first-order valence-corrected chi connectivity index (χ1v) is 9.44. The van der Waals surface area contributed by atoms with Crippen LogP contribution in [0.3, 0.4) is 0 Å². The smallest absolute Gasteiger partial charge is 0.253 e. The molecular formula is C21H19F5N2O2. The van der Waals surface area contributed by atoms with Gasteiger partial charge in [-0.1, -0.05) is 18.2 Å². The highest BCUT2D eigenvalue weighted by atomic mass is 19.3. The second-order valence-electron chi connectivity index (χ2n) is 7.70. The van der Waals surface area contributed by atoms with Gasteiger partial charge in [0.1, 0.15) is 24.1 Å². The van der Waals surface area contributed by atoms with Crippen molar-refractivity contribution < 1.29 is 31.5 Å².